The van der Waals surface area contributed by atoms with Gasteiger partial charge in [-0.25, -0.2) is 9.37 Å². The molecule has 1 heterocycles. The van der Waals surface area contributed by atoms with Crippen LogP contribution in [0.2, 0.25) is 0 Å². The maximum Gasteiger partial charge on any atom is 0.260 e. The average Bonchev–Trinajstić information content (AvgIpc) is 3.18. The molecule has 28 heavy (non-hydrogen) atoms. The van der Waals surface area contributed by atoms with E-state index in [0.29, 0.717) is 5.13 Å². The Kier molecular flexibility index (Phi) is 5.12. The molecule has 0 fully saturated rings. The number of hydrogen-bond donors (Lipinski definition) is 1. The van der Waals surface area contributed by atoms with Crippen molar-refractivity contribution < 1.29 is 13.9 Å². The van der Waals surface area contributed by atoms with Crippen LogP contribution in [-0.4, -0.2) is 10.9 Å². The number of amides is 1. The second-order valence-corrected chi connectivity index (χ2v) is 6.77. The van der Waals surface area contributed by atoms with Crippen LogP contribution in [0.1, 0.15) is 10.4 Å². The Morgan fingerprint density at radius 2 is 1.57 bits per heavy atom. The number of rotatable bonds is 5. The molecular weight excluding hydrogens is 375 g/mol. The molecule has 4 rings (SSSR count). The maximum atomic E-state index is 13.7. The second-order valence-electron chi connectivity index (χ2n) is 5.91. The molecule has 0 spiro atoms. The number of aromatic nitrogens is 1. The van der Waals surface area contributed by atoms with Crippen molar-refractivity contribution in [1.82, 2.24) is 4.98 Å². The molecule has 4 nitrogen and oxygen atoms in total. The number of nitrogens with zero attached hydrogens (tertiary/aromatic N) is 1. The predicted octanol–water partition coefficient (Wildman–Crippen LogP) is 5.99. The van der Waals surface area contributed by atoms with Crippen molar-refractivity contribution in [1.29, 1.82) is 0 Å². The molecule has 138 valence electrons. The Hall–Kier alpha value is -3.51. The first-order valence-corrected chi connectivity index (χ1v) is 9.42. The molecule has 1 aromatic heterocycles. The number of ether oxygens (including phenoxy) is 1. The minimum atomic E-state index is -0.564. The zero-order chi connectivity index (χ0) is 19.3. The summed E-state index contributed by atoms with van der Waals surface area (Å²) >= 11 is 1.28. The molecule has 0 saturated carbocycles. The summed E-state index contributed by atoms with van der Waals surface area (Å²) in [6.07, 6.45) is 0. The number of anilines is 1. The van der Waals surface area contributed by atoms with Gasteiger partial charge in [-0.2, -0.15) is 0 Å². The minimum Gasteiger partial charge on any atom is -0.457 e. The zero-order valence-corrected chi connectivity index (χ0v) is 15.4. The summed E-state index contributed by atoms with van der Waals surface area (Å²) in [6, 6.07) is 22.9. The third kappa shape index (κ3) is 4.07. The SMILES string of the molecule is O=C(Nc1nc(-c2ccc(Oc3ccccc3)cc2)cs1)c1ccccc1F. The van der Waals surface area contributed by atoms with Crippen LogP contribution in [0, 0.1) is 5.82 Å². The van der Waals surface area contributed by atoms with Crippen molar-refractivity contribution in [2.24, 2.45) is 0 Å². The fourth-order valence-corrected chi connectivity index (χ4v) is 3.31. The van der Waals surface area contributed by atoms with E-state index >= 15 is 0 Å². The molecule has 4 aromatic rings. The summed E-state index contributed by atoms with van der Waals surface area (Å²) in [5.74, 6) is 0.400. The lowest BCUT2D eigenvalue weighted by Gasteiger charge is -2.06. The van der Waals surface area contributed by atoms with Crippen molar-refractivity contribution in [3.05, 3.63) is 95.6 Å². The van der Waals surface area contributed by atoms with E-state index in [1.807, 2.05) is 60.0 Å². The lowest BCUT2D eigenvalue weighted by Crippen LogP contribution is -2.13. The standard InChI is InChI=1S/C22H15FN2O2S/c23-19-9-5-4-8-18(19)21(26)25-22-24-20(14-28-22)15-10-12-17(13-11-15)27-16-6-2-1-3-7-16/h1-14H,(H,24,25,26). The third-order valence-electron chi connectivity index (χ3n) is 3.97. The summed E-state index contributed by atoms with van der Waals surface area (Å²) in [7, 11) is 0. The first kappa shape index (κ1) is 17.9. The highest BCUT2D eigenvalue weighted by Crippen LogP contribution is 2.28. The van der Waals surface area contributed by atoms with Gasteiger partial charge in [-0.15, -0.1) is 11.3 Å². The molecule has 0 atom stereocenters. The van der Waals surface area contributed by atoms with Crippen LogP contribution in [0.25, 0.3) is 11.3 Å². The highest BCUT2D eigenvalue weighted by atomic mass is 32.1. The van der Waals surface area contributed by atoms with E-state index in [0.717, 1.165) is 22.8 Å². The fourth-order valence-electron chi connectivity index (χ4n) is 2.59. The lowest BCUT2D eigenvalue weighted by atomic mass is 10.2. The number of halogens is 1. The van der Waals surface area contributed by atoms with Crippen molar-refractivity contribution in [3.63, 3.8) is 0 Å². The summed E-state index contributed by atoms with van der Waals surface area (Å²) in [4.78, 5) is 16.6. The zero-order valence-electron chi connectivity index (χ0n) is 14.6. The highest BCUT2D eigenvalue weighted by Gasteiger charge is 2.13. The third-order valence-corrected chi connectivity index (χ3v) is 4.73. The van der Waals surface area contributed by atoms with Crippen LogP contribution in [0.4, 0.5) is 9.52 Å². The van der Waals surface area contributed by atoms with Crippen LogP contribution >= 0.6 is 11.3 Å². The molecule has 0 saturated heterocycles. The molecule has 0 bridgehead atoms. The number of carbonyl (C=O) groups excluding carboxylic acids is 1. The number of para-hydroxylation sites is 1. The Labute approximate surface area is 165 Å². The van der Waals surface area contributed by atoms with Gasteiger partial charge >= 0.3 is 0 Å². The molecule has 3 aromatic carbocycles. The largest absolute Gasteiger partial charge is 0.457 e. The fraction of sp³-hybridized carbons (Fsp3) is 0. The van der Waals surface area contributed by atoms with Gasteiger partial charge < -0.3 is 4.74 Å². The molecule has 0 aliphatic rings. The first-order chi connectivity index (χ1) is 13.7. The highest BCUT2D eigenvalue weighted by molar-refractivity contribution is 7.14. The predicted molar refractivity (Wildman–Crippen MR) is 108 cm³/mol. The normalized spacial score (nSPS) is 10.5. The first-order valence-electron chi connectivity index (χ1n) is 8.54. The number of carbonyl (C=O) groups is 1. The minimum absolute atomic E-state index is 0.0123. The van der Waals surface area contributed by atoms with E-state index < -0.39 is 11.7 Å². The Morgan fingerprint density at radius 1 is 0.893 bits per heavy atom. The smallest absolute Gasteiger partial charge is 0.260 e. The van der Waals surface area contributed by atoms with E-state index in [2.05, 4.69) is 10.3 Å². The van der Waals surface area contributed by atoms with Crippen LogP contribution < -0.4 is 10.1 Å². The molecule has 0 radical (unpaired) electrons. The quantitative estimate of drug-likeness (QED) is 0.455. The molecule has 1 amide bonds. The van der Waals surface area contributed by atoms with E-state index in [-0.39, 0.29) is 5.56 Å². The monoisotopic (exact) mass is 390 g/mol. The topological polar surface area (TPSA) is 51.2 Å². The van der Waals surface area contributed by atoms with Gasteiger partial charge in [0.25, 0.3) is 5.91 Å². The summed E-state index contributed by atoms with van der Waals surface area (Å²) < 4.78 is 19.5. The number of benzene rings is 3. The number of thiazole rings is 1. The van der Waals surface area contributed by atoms with Crippen molar-refractivity contribution in [2.75, 3.05) is 5.32 Å². The lowest BCUT2D eigenvalue weighted by molar-refractivity contribution is 0.102. The molecule has 0 unspecified atom stereocenters. The van der Waals surface area contributed by atoms with Crippen LogP contribution in [0.5, 0.6) is 11.5 Å². The summed E-state index contributed by atoms with van der Waals surface area (Å²) in [6.45, 7) is 0. The van der Waals surface area contributed by atoms with Gasteiger partial charge in [0.1, 0.15) is 17.3 Å². The van der Waals surface area contributed by atoms with Gasteiger partial charge in [-0.05, 0) is 48.5 Å². The Balaban J connectivity index is 1.45. The van der Waals surface area contributed by atoms with Crippen molar-refractivity contribution in [3.8, 4) is 22.8 Å². The van der Waals surface area contributed by atoms with Crippen molar-refractivity contribution >= 4 is 22.4 Å². The van der Waals surface area contributed by atoms with E-state index in [1.165, 1.54) is 23.5 Å². The Morgan fingerprint density at radius 3 is 2.32 bits per heavy atom. The summed E-state index contributed by atoms with van der Waals surface area (Å²) in [5, 5.41) is 4.88. The van der Waals surface area contributed by atoms with Crippen LogP contribution in [0.3, 0.4) is 0 Å². The van der Waals surface area contributed by atoms with E-state index in [1.54, 1.807) is 12.1 Å². The molecule has 1 N–H and O–H groups in total. The second kappa shape index (κ2) is 8.02. The molecular formula is C22H15FN2O2S. The van der Waals surface area contributed by atoms with Gasteiger partial charge in [0.2, 0.25) is 0 Å². The van der Waals surface area contributed by atoms with Crippen LogP contribution in [-0.2, 0) is 0 Å². The summed E-state index contributed by atoms with van der Waals surface area (Å²) in [5.41, 5.74) is 1.60. The van der Waals surface area contributed by atoms with E-state index in [9.17, 15) is 9.18 Å². The number of hydrogen-bond acceptors (Lipinski definition) is 4. The average molecular weight is 390 g/mol. The molecule has 0 aliphatic heterocycles. The van der Waals surface area contributed by atoms with Gasteiger partial charge in [0, 0.05) is 10.9 Å². The van der Waals surface area contributed by atoms with Gasteiger partial charge in [-0.3, -0.25) is 10.1 Å². The van der Waals surface area contributed by atoms with Gasteiger partial charge in [-0.1, -0.05) is 30.3 Å². The van der Waals surface area contributed by atoms with Crippen LogP contribution in [0.15, 0.2) is 84.2 Å². The van der Waals surface area contributed by atoms with E-state index in [4.69, 9.17) is 4.74 Å². The van der Waals surface area contributed by atoms with Gasteiger partial charge in [0.05, 0.1) is 11.3 Å². The molecule has 0 aliphatic carbocycles. The maximum absolute atomic E-state index is 13.7. The van der Waals surface area contributed by atoms with Gasteiger partial charge in [0.15, 0.2) is 5.13 Å². The number of nitrogens with one attached hydrogen (secondary N) is 1. The Bertz CT molecular complexity index is 1090. The van der Waals surface area contributed by atoms with Crippen molar-refractivity contribution in [2.45, 2.75) is 0 Å². The molecule has 6 heteroatoms.